The molecule has 0 amide bonds. The first-order chi connectivity index (χ1) is 8.13. The second-order valence-corrected chi connectivity index (χ2v) is 4.16. The Kier molecular flexibility index (Phi) is 2.85. The smallest absolute Gasteiger partial charge is 0.258 e. The topological polar surface area (TPSA) is 79.8 Å². The van der Waals surface area contributed by atoms with Crippen molar-refractivity contribution < 1.29 is 4.92 Å². The summed E-state index contributed by atoms with van der Waals surface area (Å²) in [5, 5.41) is 19.5. The number of non-ortho nitro benzene ring substituents is 1. The van der Waals surface area contributed by atoms with Gasteiger partial charge in [-0.15, -0.1) is 0 Å². The van der Waals surface area contributed by atoms with Crippen LogP contribution in [0, 0.1) is 28.4 Å². The van der Waals surface area contributed by atoms with E-state index in [0.717, 1.165) is 10.4 Å². The predicted octanol–water partition coefficient (Wildman–Crippen LogP) is 2.90. The highest BCUT2D eigenvalue weighted by molar-refractivity contribution is 7.10. The number of hydrogen-bond acceptors (Lipinski definition) is 5. The van der Waals surface area contributed by atoms with Gasteiger partial charge in [-0.3, -0.25) is 10.1 Å². The first-order valence-corrected chi connectivity index (χ1v) is 5.52. The highest BCUT2D eigenvalue weighted by Crippen LogP contribution is 2.30. The summed E-state index contributed by atoms with van der Waals surface area (Å²) >= 11 is 1.23. The molecule has 1 aromatic carbocycles. The first-order valence-electron chi connectivity index (χ1n) is 4.74. The fraction of sp³-hybridized carbons (Fsp3) is 0.0909. The van der Waals surface area contributed by atoms with Gasteiger partial charge in [-0.1, -0.05) is 0 Å². The van der Waals surface area contributed by atoms with E-state index in [4.69, 9.17) is 5.26 Å². The Labute approximate surface area is 101 Å². The van der Waals surface area contributed by atoms with Crippen LogP contribution in [0.15, 0.2) is 24.3 Å². The van der Waals surface area contributed by atoms with E-state index in [2.05, 4.69) is 10.4 Å². The van der Waals surface area contributed by atoms with Crippen molar-refractivity contribution in [1.29, 1.82) is 5.26 Å². The molecule has 0 aliphatic carbocycles. The SMILES string of the molecule is Cc1nsc(-c2ccc([N+](=O)[O-])cc2)c1C#N. The summed E-state index contributed by atoms with van der Waals surface area (Å²) in [6.45, 7) is 1.77. The molecule has 1 aromatic heterocycles. The average Bonchev–Trinajstić information content (AvgIpc) is 2.70. The van der Waals surface area contributed by atoms with E-state index in [9.17, 15) is 10.1 Å². The minimum atomic E-state index is -0.451. The molecule has 0 aliphatic rings. The highest BCUT2D eigenvalue weighted by atomic mass is 32.1. The number of benzene rings is 1. The normalized spacial score (nSPS) is 9.88. The molecule has 0 fully saturated rings. The zero-order valence-electron chi connectivity index (χ0n) is 8.88. The van der Waals surface area contributed by atoms with Crippen molar-refractivity contribution in [2.45, 2.75) is 6.92 Å². The lowest BCUT2D eigenvalue weighted by atomic mass is 10.1. The Hall–Kier alpha value is -2.26. The van der Waals surface area contributed by atoms with Crippen molar-refractivity contribution >= 4 is 17.2 Å². The van der Waals surface area contributed by atoms with E-state index in [-0.39, 0.29) is 5.69 Å². The Balaban J connectivity index is 2.47. The van der Waals surface area contributed by atoms with Crippen molar-refractivity contribution in [3.05, 3.63) is 45.6 Å². The quantitative estimate of drug-likeness (QED) is 0.601. The van der Waals surface area contributed by atoms with Crippen LogP contribution in [-0.4, -0.2) is 9.30 Å². The molecule has 84 valence electrons. The summed E-state index contributed by atoms with van der Waals surface area (Å²) in [6.07, 6.45) is 0. The minimum Gasteiger partial charge on any atom is -0.258 e. The fourth-order valence-electron chi connectivity index (χ4n) is 1.43. The van der Waals surface area contributed by atoms with Crippen LogP contribution < -0.4 is 0 Å². The Morgan fingerprint density at radius 3 is 2.59 bits per heavy atom. The van der Waals surface area contributed by atoms with E-state index in [0.29, 0.717) is 11.3 Å². The van der Waals surface area contributed by atoms with Gasteiger partial charge in [0.2, 0.25) is 0 Å². The van der Waals surface area contributed by atoms with Gasteiger partial charge in [0.05, 0.1) is 21.1 Å². The molecule has 0 radical (unpaired) electrons. The van der Waals surface area contributed by atoms with Crippen molar-refractivity contribution in [1.82, 2.24) is 4.37 Å². The molecule has 0 bridgehead atoms. The van der Waals surface area contributed by atoms with Gasteiger partial charge in [-0.05, 0) is 36.2 Å². The zero-order chi connectivity index (χ0) is 12.4. The van der Waals surface area contributed by atoms with Crippen LogP contribution in [0.25, 0.3) is 10.4 Å². The fourth-order valence-corrected chi connectivity index (χ4v) is 2.28. The largest absolute Gasteiger partial charge is 0.269 e. The van der Waals surface area contributed by atoms with Gasteiger partial charge < -0.3 is 0 Å². The zero-order valence-corrected chi connectivity index (χ0v) is 9.69. The van der Waals surface area contributed by atoms with Gasteiger partial charge in [0.1, 0.15) is 6.07 Å². The van der Waals surface area contributed by atoms with E-state index < -0.39 is 4.92 Å². The molecule has 0 aliphatic heterocycles. The van der Waals surface area contributed by atoms with Crippen molar-refractivity contribution in [2.24, 2.45) is 0 Å². The van der Waals surface area contributed by atoms with Gasteiger partial charge in [0.15, 0.2) is 0 Å². The maximum absolute atomic E-state index is 10.5. The van der Waals surface area contributed by atoms with Gasteiger partial charge in [-0.25, -0.2) is 0 Å². The van der Waals surface area contributed by atoms with Crippen LogP contribution in [0.5, 0.6) is 0 Å². The second-order valence-electron chi connectivity index (χ2n) is 3.39. The molecule has 17 heavy (non-hydrogen) atoms. The Morgan fingerprint density at radius 1 is 1.41 bits per heavy atom. The van der Waals surface area contributed by atoms with Gasteiger partial charge >= 0.3 is 0 Å². The molecule has 0 unspecified atom stereocenters. The van der Waals surface area contributed by atoms with Crippen LogP contribution in [0.2, 0.25) is 0 Å². The molecule has 0 N–H and O–H groups in total. The van der Waals surface area contributed by atoms with E-state index >= 15 is 0 Å². The number of nitro benzene ring substituents is 1. The van der Waals surface area contributed by atoms with Crippen molar-refractivity contribution in [3.63, 3.8) is 0 Å². The molecule has 0 saturated heterocycles. The predicted molar refractivity (Wildman–Crippen MR) is 63.7 cm³/mol. The minimum absolute atomic E-state index is 0.0356. The molecule has 1 heterocycles. The summed E-state index contributed by atoms with van der Waals surface area (Å²) in [4.78, 5) is 10.8. The van der Waals surface area contributed by atoms with Crippen LogP contribution >= 0.6 is 11.5 Å². The number of aryl methyl sites for hydroxylation is 1. The lowest BCUT2D eigenvalue weighted by Gasteiger charge is -1.97. The molecule has 2 rings (SSSR count). The second kappa shape index (κ2) is 4.31. The van der Waals surface area contributed by atoms with Gasteiger partial charge in [0.25, 0.3) is 5.69 Å². The third-order valence-corrected chi connectivity index (χ3v) is 3.30. The molecule has 0 spiro atoms. The summed E-state index contributed by atoms with van der Waals surface area (Å²) in [5.41, 5.74) is 2.03. The Bertz CT molecular complexity index is 611. The molecule has 6 heteroatoms. The number of nitrogens with zero attached hydrogens (tertiary/aromatic N) is 3. The molecule has 0 saturated carbocycles. The van der Waals surface area contributed by atoms with Crippen LogP contribution in [-0.2, 0) is 0 Å². The van der Waals surface area contributed by atoms with Crippen LogP contribution in [0.1, 0.15) is 11.3 Å². The molecule has 2 aromatic rings. The molecule has 5 nitrogen and oxygen atoms in total. The maximum atomic E-state index is 10.5. The highest BCUT2D eigenvalue weighted by Gasteiger charge is 2.13. The summed E-state index contributed by atoms with van der Waals surface area (Å²) in [7, 11) is 0. The number of hydrogen-bond donors (Lipinski definition) is 0. The third kappa shape index (κ3) is 2.00. The van der Waals surface area contributed by atoms with E-state index in [1.165, 1.54) is 23.7 Å². The number of nitro groups is 1. The Morgan fingerprint density at radius 2 is 2.06 bits per heavy atom. The monoisotopic (exact) mass is 245 g/mol. The standard InChI is InChI=1S/C11H7N3O2S/c1-7-10(6-12)11(17-13-7)8-2-4-9(5-3-8)14(15)16/h2-5H,1H3. The van der Waals surface area contributed by atoms with Crippen LogP contribution in [0.4, 0.5) is 5.69 Å². The van der Waals surface area contributed by atoms with E-state index in [1.807, 2.05) is 0 Å². The third-order valence-electron chi connectivity index (χ3n) is 2.31. The van der Waals surface area contributed by atoms with Crippen LogP contribution in [0.3, 0.4) is 0 Å². The summed E-state index contributed by atoms with van der Waals surface area (Å²) < 4.78 is 4.11. The summed E-state index contributed by atoms with van der Waals surface area (Å²) in [5.74, 6) is 0. The number of rotatable bonds is 2. The van der Waals surface area contributed by atoms with Crippen molar-refractivity contribution in [2.75, 3.05) is 0 Å². The molecular weight excluding hydrogens is 238 g/mol. The number of aromatic nitrogens is 1. The number of nitriles is 1. The lowest BCUT2D eigenvalue weighted by Crippen LogP contribution is -1.87. The van der Waals surface area contributed by atoms with E-state index in [1.54, 1.807) is 19.1 Å². The first kappa shape index (κ1) is 11.2. The average molecular weight is 245 g/mol. The molecular formula is C11H7N3O2S. The van der Waals surface area contributed by atoms with Gasteiger partial charge in [-0.2, -0.15) is 9.64 Å². The lowest BCUT2D eigenvalue weighted by molar-refractivity contribution is -0.384. The molecule has 0 atom stereocenters. The maximum Gasteiger partial charge on any atom is 0.269 e. The summed E-state index contributed by atoms with van der Waals surface area (Å²) in [6, 6.07) is 8.20. The van der Waals surface area contributed by atoms with Crippen molar-refractivity contribution in [3.8, 4) is 16.5 Å². The van der Waals surface area contributed by atoms with Gasteiger partial charge in [0, 0.05) is 12.1 Å².